The summed E-state index contributed by atoms with van der Waals surface area (Å²) >= 11 is 0. The molecule has 1 aliphatic heterocycles. The van der Waals surface area contributed by atoms with Crippen LogP contribution in [0.4, 0.5) is 0 Å². The standard InChI is InChI=1S/C17H25NO5/c1-12(21)13-3-2-4-17(7-13)23-11-16(22)8-18-14(9-19)5-6-15(18)10-20/h2-4,7,14-16,19-20,22H,5-6,8-11H2,1H3/t14-,15-,16?/m1/s1. The number of ether oxygens (including phenoxy) is 1. The molecule has 0 spiro atoms. The van der Waals surface area contributed by atoms with Crippen LogP contribution in [-0.2, 0) is 0 Å². The number of aliphatic hydroxyl groups excluding tert-OH is 3. The molecule has 23 heavy (non-hydrogen) atoms. The second-order valence-corrected chi connectivity index (χ2v) is 6.00. The average Bonchev–Trinajstić information content (AvgIpc) is 2.95. The highest BCUT2D eigenvalue weighted by Crippen LogP contribution is 2.24. The van der Waals surface area contributed by atoms with Gasteiger partial charge in [-0.25, -0.2) is 0 Å². The average molecular weight is 323 g/mol. The second kappa shape index (κ2) is 8.40. The summed E-state index contributed by atoms with van der Waals surface area (Å²) in [5.41, 5.74) is 0.567. The first kappa shape index (κ1) is 17.9. The highest BCUT2D eigenvalue weighted by molar-refractivity contribution is 5.94. The maximum absolute atomic E-state index is 11.3. The second-order valence-electron chi connectivity index (χ2n) is 6.00. The minimum Gasteiger partial charge on any atom is -0.491 e. The van der Waals surface area contributed by atoms with Crippen molar-refractivity contribution < 1.29 is 24.9 Å². The number of carbonyl (C=O) groups excluding carboxylic acids is 1. The summed E-state index contributed by atoms with van der Waals surface area (Å²) in [4.78, 5) is 13.3. The summed E-state index contributed by atoms with van der Waals surface area (Å²) in [5, 5.41) is 28.9. The molecule has 1 unspecified atom stereocenters. The lowest BCUT2D eigenvalue weighted by Crippen LogP contribution is -2.45. The van der Waals surface area contributed by atoms with Crippen LogP contribution >= 0.6 is 0 Å². The van der Waals surface area contributed by atoms with Crippen LogP contribution in [0.2, 0.25) is 0 Å². The molecule has 1 aliphatic rings. The molecule has 1 heterocycles. The molecule has 3 atom stereocenters. The third-order valence-corrected chi connectivity index (χ3v) is 4.30. The van der Waals surface area contributed by atoms with Crippen LogP contribution in [0.25, 0.3) is 0 Å². The van der Waals surface area contributed by atoms with Crippen molar-refractivity contribution in [2.45, 2.75) is 38.0 Å². The summed E-state index contributed by atoms with van der Waals surface area (Å²) < 4.78 is 5.55. The van der Waals surface area contributed by atoms with Gasteiger partial charge in [-0.05, 0) is 31.9 Å². The first-order valence-corrected chi connectivity index (χ1v) is 7.94. The van der Waals surface area contributed by atoms with Crippen molar-refractivity contribution in [3.63, 3.8) is 0 Å². The number of β-amino-alcohol motifs (C(OH)–C–C–N with tert-alkyl or cyclic N) is 1. The molecule has 0 bridgehead atoms. The van der Waals surface area contributed by atoms with Gasteiger partial charge in [0.25, 0.3) is 0 Å². The lowest BCUT2D eigenvalue weighted by molar-refractivity contribution is 0.0261. The van der Waals surface area contributed by atoms with Gasteiger partial charge in [0.1, 0.15) is 18.5 Å². The van der Waals surface area contributed by atoms with Gasteiger partial charge in [-0.2, -0.15) is 0 Å². The Morgan fingerprint density at radius 3 is 2.52 bits per heavy atom. The Kier molecular flexibility index (Phi) is 6.53. The number of rotatable bonds is 8. The number of carbonyl (C=O) groups is 1. The largest absolute Gasteiger partial charge is 0.491 e. The van der Waals surface area contributed by atoms with E-state index >= 15 is 0 Å². The predicted molar refractivity (Wildman–Crippen MR) is 85.6 cm³/mol. The molecule has 0 aliphatic carbocycles. The zero-order chi connectivity index (χ0) is 16.8. The van der Waals surface area contributed by atoms with E-state index in [4.69, 9.17) is 4.74 Å². The van der Waals surface area contributed by atoms with Gasteiger partial charge in [0.05, 0.1) is 13.2 Å². The van der Waals surface area contributed by atoms with E-state index in [0.29, 0.717) is 17.9 Å². The number of ketones is 1. The van der Waals surface area contributed by atoms with Crippen molar-refractivity contribution in [2.24, 2.45) is 0 Å². The molecule has 6 nitrogen and oxygen atoms in total. The van der Waals surface area contributed by atoms with Crippen molar-refractivity contribution in [3.05, 3.63) is 29.8 Å². The van der Waals surface area contributed by atoms with Gasteiger partial charge in [0.2, 0.25) is 0 Å². The van der Waals surface area contributed by atoms with E-state index < -0.39 is 6.10 Å². The maximum Gasteiger partial charge on any atom is 0.159 e. The molecule has 0 saturated carbocycles. The molecule has 1 fully saturated rings. The Balaban J connectivity index is 1.88. The molecule has 0 radical (unpaired) electrons. The van der Waals surface area contributed by atoms with E-state index in [1.54, 1.807) is 24.3 Å². The monoisotopic (exact) mass is 323 g/mol. The molecule has 3 N–H and O–H groups in total. The van der Waals surface area contributed by atoms with Crippen molar-refractivity contribution in [2.75, 3.05) is 26.4 Å². The Morgan fingerprint density at radius 2 is 1.96 bits per heavy atom. The van der Waals surface area contributed by atoms with E-state index in [0.717, 1.165) is 12.8 Å². The summed E-state index contributed by atoms with van der Waals surface area (Å²) in [6.45, 7) is 1.96. The summed E-state index contributed by atoms with van der Waals surface area (Å²) in [7, 11) is 0. The van der Waals surface area contributed by atoms with Crippen molar-refractivity contribution in [3.8, 4) is 5.75 Å². The van der Waals surface area contributed by atoms with Gasteiger partial charge in [0.15, 0.2) is 5.78 Å². The molecule has 6 heteroatoms. The van der Waals surface area contributed by atoms with Crippen LogP contribution in [0.1, 0.15) is 30.1 Å². The fourth-order valence-corrected chi connectivity index (χ4v) is 3.00. The number of hydrogen-bond donors (Lipinski definition) is 3. The third-order valence-electron chi connectivity index (χ3n) is 4.30. The number of aliphatic hydroxyl groups is 3. The summed E-state index contributed by atoms with van der Waals surface area (Å²) in [6, 6.07) is 6.79. The molecular weight excluding hydrogens is 298 g/mol. The number of nitrogens with zero attached hydrogens (tertiary/aromatic N) is 1. The van der Waals surface area contributed by atoms with Crippen molar-refractivity contribution in [1.29, 1.82) is 0 Å². The lowest BCUT2D eigenvalue weighted by atomic mass is 10.1. The van der Waals surface area contributed by atoms with E-state index in [2.05, 4.69) is 0 Å². The minimum absolute atomic E-state index is 0.0186. The predicted octanol–water partition coefficient (Wildman–Crippen LogP) is 0.446. The molecule has 128 valence electrons. The molecule has 0 amide bonds. The molecule has 1 aromatic rings. The van der Waals surface area contributed by atoms with Crippen LogP contribution in [0, 0.1) is 0 Å². The van der Waals surface area contributed by atoms with Crippen molar-refractivity contribution in [1.82, 2.24) is 4.90 Å². The van der Waals surface area contributed by atoms with E-state index in [-0.39, 0.29) is 37.7 Å². The number of hydrogen-bond acceptors (Lipinski definition) is 6. The molecule has 2 rings (SSSR count). The van der Waals surface area contributed by atoms with E-state index in [9.17, 15) is 20.1 Å². The minimum atomic E-state index is -0.739. The SMILES string of the molecule is CC(=O)c1cccc(OCC(O)CN2[C@@H](CO)CC[C@@H]2CO)c1. The summed E-state index contributed by atoms with van der Waals surface area (Å²) in [6.07, 6.45) is 0.892. The van der Waals surface area contributed by atoms with Crippen LogP contribution < -0.4 is 4.74 Å². The van der Waals surface area contributed by atoms with Gasteiger partial charge in [0, 0.05) is 24.2 Å². The molecule has 1 saturated heterocycles. The Labute approximate surface area is 136 Å². The van der Waals surface area contributed by atoms with E-state index in [1.165, 1.54) is 6.92 Å². The van der Waals surface area contributed by atoms with Gasteiger partial charge in [-0.15, -0.1) is 0 Å². The smallest absolute Gasteiger partial charge is 0.159 e. The molecule has 1 aromatic carbocycles. The van der Waals surface area contributed by atoms with Crippen LogP contribution in [-0.4, -0.2) is 70.6 Å². The first-order chi connectivity index (χ1) is 11.0. The number of likely N-dealkylation sites (tertiary alicyclic amines) is 1. The fourth-order valence-electron chi connectivity index (χ4n) is 3.00. The number of Topliss-reactive ketones (excluding diaryl/α,β-unsaturated/α-hetero) is 1. The third kappa shape index (κ3) is 4.75. The topological polar surface area (TPSA) is 90.2 Å². The Hall–Kier alpha value is -1.47. The van der Waals surface area contributed by atoms with Gasteiger partial charge in [-0.1, -0.05) is 12.1 Å². The first-order valence-electron chi connectivity index (χ1n) is 7.94. The van der Waals surface area contributed by atoms with Gasteiger partial charge < -0.3 is 20.1 Å². The lowest BCUT2D eigenvalue weighted by Gasteiger charge is -2.30. The zero-order valence-corrected chi connectivity index (χ0v) is 13.4. The molecular formula is C17H25NO5. The zero-order valence-electron chi connectivity index (χ0n) is 13.4. The highest BCUT2D eigenvalue weighted by atomic mass is 16.5. The van der Waals surface area contributed by atoms with Gasteiger partial charge in [-0.3, -0.25) is 9.69 Å². The van der Waals surface area contributed by atoms with Crippen LogP contribution in [0.3, 0.4) is 0 Å². The molecule has 0 aromatic heterocycles. The van der Waals surface area contributed by atoms with Crippen LogP contribution in [0.15, 0.2) is 24.3 Å². The van der Waals surface area contributed by atoms with E-state index in [1.807, 2.05) is 4.90 Å². The summed E-state index contributed by atoms with van der Waals surface area (Å²) in [5.74, 6) is 0.500. The number of benzene rings is 1. The Morgan fingerprint density at radius 1 is 1.30 bits per heavy atom. The fraction of sp³-hybridized carbons (Fsp3) is 0.588. The quantitative estimate of drug-likeness (QED) is 0.602. The maximum atomic E-state index is 11.3. The van der Waals surface area contributed by atoms with Crippen molar-refractivity contribution >= 4 is 5.78 Å². The van der Waals surface area contributed by atoms with Crippen LogP contribution in [0.5, 0.6) is 5.75 Å². The normalized spacial score (nSPS) is 23.0. The van der Waals surface area contributed by atoms with Gasteiger partial charge >= 0.3 is 0 Å². The highest BCUT2D eigenvalue weighted by Gasteiger charge is 2.33. The Bertz CT molecular complexity index is 509.